The number of hydrogen-bond acceptors (Lipinski definition) is 4. The highest BCUT2D eigenvalue weighted by Gasteiger charge is 2.10. The summed E-state index contributed by atoms with van der Waals surface area (Å²) in [5, 5.41) is 3.48. The first-order chi connectivity index (χ1) is 12.1. The Morgan fingerprint density at radius 3 is 2.80 bits per heavy atom. The van der Waals surface area contributed by atoms with Gasteiger partial charge in [0.15, 0.2) is 0 Å². The molecule has 0 aliphatic rings. The molecule has 1 heterocycles. The van der Waals surface area contributed by atoms with E-state index in [2.05, 4.69) is 10.3 Å². The third kappa shape index (κ3) is 3.91. The van der Waals surface area contributed by atoms with Crippen LogP contribution in [0.4, 0.5) is 5.69 Å². The molecule has 25 heavy (non-hydrogen) atoms. The first-order valence-corrected chi connectivity index (χ1v) is 9.19. The Bertz CT molecular complexity index is 982. The molecule has 2 aromatic carbocycles. The Kier molecular flexibility index (Phi) is 5.19. The minimum atomic E-state index is -0.0966. The number of anilines is 1. The normalized spacial score (nSPS) is 10.8. The molecule has 6 heteroatoms. The maximum atomic E-state index is 12.4. The van der Waals surface area contributed by atoms with E-state index >= 15 is 0 Å². The average molecular weight is 353 g/mol. The Labute approximate surface area is 150 Å². The van der Waals surface area contributed by atoms with Crippen LogP contribution < -0.4 is 10.9 Å². The summed E-state index contributed by atoms with van der Waals surface area (Å²) in [4.78, 5) is 30.2. The molecule has 0 bridgehead atoms. The maximum Gasteiger partial charge on any atom is 0.261 e. The summed E-state index contributed by atoms with van der Waals surface area (Å²) in [6, 6.07) is 15.0. The van der Waals surface area contributed by atoms with Gasteiger partial charge in [-0.05, 0) is 36.6 Å². The highest BCUT2D eigenvalue weighted by molar-refractivity contribution is 7.98. The van der Waals surface area contributed by atoms with Crippen LogP contribution in [-0.2, 0) is 18.3 Å². The molecule has 0 fully saturated rings. The molecule has 3 aromatic rings. The summed E-state index contributed by atoms with van der Waals surface area (Å²) in [5.74, 6) is 0.511. The van der Waals surface area contributed by atoms with Crippen LogP contribution in [0.3, 0.4) is 0 Å². The van der Waals surface area contributed by atoms with E-state index in [9.17, 15) is 9.59 Å². The number of thioether (sulfide) groups is 1. The number of carbonyl (C=O) groups excluding carboxylic acids is 1. The molecule has 0 saturated carbocycles. The molecule has 1 N–H and O–H groups in total. The predicted molar refractivity (Wildman–Crippen MR) is 102 cm³/mol. The summed E-state index contributed by atoms with van der Waals surface area (Å²) in [6.07, 6.45) is 2.67. The van der Waals surface area contributed by atoms with Gasteiger partial charge in [0.05, 0.1) is 10.9 Å². The standard InChI is InChI=1S/C19H19N3O2S/c1-22-17(21-16-9-4-3-8-15(16)19(22)24)10-11-18(23)20-13-6-5-7-14(12-13)25-2/h3-9,12H,10-11H2,1-2H3,(H,20,23). The number of nitrogens with zero attached hydrogens (tertiary/aromatic N) is 2. The number of amides is 1. The van der Waals surface area contributed by atoms with E-state index in [1.807, 2.05) is 48.7 Å². The largest absolute Gasteiger partial charge is 0.326 e. The van der Waals surface area contributed by atoms with Crippen molar-refractivity contribution >= 4 is 34.3 Å². The zero-order valence-corrected chi connectivity index (χ0v) is 15.0. The van der Waals surface area contributed by atoms with Crippen molar-refractivity contribution in [2.75, 3.05) is 11.6 Å². The number of aromatic nitrogens is 2. The Morgan fingerprint density at radius 2 is 2.00 bits per heavy atom. The molecule has 1 amide bonds. The van der Waals surface area contributed by atoms with Crippen molar-refractivity contribution in [3.05, 3.63) is 64.7 Å². The van der Waals surface area contributed by atoms with Crippen molar-refractivity contribution in [1.82, 2.24) is 9.55 Å². The Hall–Kier alpha value is -2.60. The lowest BCUT2D eigenvalue weighted by Gasteiger charge is -2.10. The predicted octanol–water partition coefficient (Wildman–Crippen LogP) is 3.23. The minimum Gasteiger partial charge on any atom is -0.326 e. The van der Waals surface area contributed by atoms with E-state index in [0.29, 0.717) is 23.1 Å². The lowest BCUT2D eigenvalue weighted by atomic mass is 10.2. The van der Waals surface area contributed by atoms with Gasteiger partial charge in [-0.3, -0.25) is 14.2 Å². The molecule has 0 aliphatic heterocycles. The molecule has 0 aliphatic carbocycles. The van der Waals surface area contributed by atoms with Gasteiger partial charge >= 0.3 is 0 Å². The zero-order chi connectivity index (χ0) is 17.8. The van der Waals surface area contributed by atoms with Crippen LogP contribution in [-0.4, -0.2) is 21.7 Å². The zero-order valence-electron chi connectivity index (χ0n) is 14.2. The highest BCUT2D eigenvalue weighted by Crippen LogP contribution is 2.19. The number of nitrogens with one attached hydrogen (secondary N) is 1. The Balaban J connectivity index is 1.73. The molecule has 0 radical (unpaired) electrons. The molecule has 0 spiro atoms. The van der Waals surface area contributed by atoms with Crippen LogP contribution >= 0.6 is 11.8 Å². The summed E-state index contributed by atoms with van der Waals surface area (Å²) in [5.41, 5.74) is 1.35. The van der Waals surface area contributed by atoms with E-state index in [1.165, 1.54) is 4.57 Å². The van der Waals surface area contributed by atoms with E-state index in [0.717, 1.165) is 10.6 Å². The number of hydrogen-bond donors (Lipinski definition) is 1. The summed E-state index contributed by atoms with van der Waals surface area (Å²) < 4.78 is 1.52. The lowest BCUT2D eigenvalue weighted by molar-refractivity contribution is -0.116. The fourth-order valence-corrected chi connectivity index (χ4v) is 3.10. The number of para-hydroxylation sites is 1. The van der Waals surface area contributed by atoms with Crippen molar-refractivity contribution in [1.29, 1.82) is 0 Å². The molecule has 0 unspecified atom stereocenters. The first-order valence-electron chi connectivity index (χ1n) is 7.97. The van der Waals surface area contributed by atoms with Gasteiger partial charge in [0.1, 0.15) is 5.82 Å². The second kappa shape index (κ2) is 7.53. The van der Waals surface area contributed by atoms with E-state index in [4.69, 9.17) is 0 Å². The van der Waals surface area contributed by atoms with Gasteiger partial charge in [0, 0.05) is 30.5 Å². The number of aryl methyl sites for hydroxylation is 1. The SMILES string of the molecule is CSc1cccc(NC(=O)CCc2nc3ccccc3c(=O)n2C)c1. The van der Waals surface area contributed by atoms with Crippen molar-refractivity contribution in [3.8, 4) is 0 Å². The molecular formula is C19H19N3O2S. The molecule has 3 rings (SSSR count). The van der Waals surface area contributed by atoms with E-state index in [-0.39, 0.29) is 17.9 Å². The smallest absolute Gasteiger partial charge is 0.261 e. The third-order valence-electron chi connectivity index (χ3n) is 4.00. The number of benzene rings is 2. The number of carbonyl (C=O) groups is 1. The molecular weight excluding hydrogens is 334 g/mol. The molecule has 128 valence electrons. The third-order valence-corrected chi connectivity index (χ3v) is 4.73. The molecule has 0 saturated heterocycles. The van der Waals surface area contributed by atoms with Crippen LogP contribution in [0.25, 0.3) is 10.9 Å². The summed E-state index contributed by atoms with van der Waals surface area (Å²) in [7, 11) is 1.69. The van der Waals surface area contributed by atoms with Crippen LogP contribution in [0.15, 0.2) is 58.2 Å². The van der Waals surface area contributed by atoms with E-state index in [1.54, 1.807) is 24.9 Å². The summed E-state index contributed by atoms with van der Waals surface area (Å²) >= 11 is 1.63. The van der Waals surface area contributed by atoms with Gasteiger partial charge in [-0.1, -0.05) is 18.2 Å². The van der Waals surface area contributed by atoms with Crippen molar-refractivity contribution < 1.29 is 4.79 Å². The Morgan fingerprint density at radius 1 is 1.20 bits per heavy atom. The second-order valence-electron chi connectivity index (χ2n) is 5.69. The monoisotopic (exact) mass is 353 g/mol. The van der Waals surface area contributed by atoms with Gasteiger partial charge < -0.3 is 5.32 Å². The van der Waals surface area contributed by atoms with Crippen molar-refractivity contribution in [2.24, 2.45) is 7.05 Å². The lowest BCUT2D eigenvalue weighted by Crippen LogP contribution is -2.23. The first kappa shape index (κ1) is 17.2. The number of rotatable bonds is 5. The molecule has 0 atom stereocenters. The van der Waals surface area contributed by atoms with Crippen LogP contribution in [0, 0.1) is 0 Å². The van der Waals surface area contributed by atoms with Gasteiger partial charge in [-0.25, -0.2) is 4.98 Å². The minimum absolute atomic E-state index is 0.0892. The highest BCUT2D eigenvalue weighted by atomic mass is 32.2. The van der Waals surface area contributed by atoms with Crippen LogP contribution in [0.2, 0.25) is 0 Å². The molecule has 1 aromatic heterocycles. The van der Waals surface area contributed by atoms with Gasteiger partial charge in [0.25, 0.3) is 5.56 Å². The van der Waals surface area contributed by atoms with Gasteiger partial charge in [0.2, 0.25) is 5.91 Å². The van der Waals surface area contributed by atoms with E-state index < -0.39 is 0 Å². The average Bonchev–Trinajstić information content (AvgIpc) is 2.63. The molecule has 5 nitrogen and oxygen atoms in total. The second-order valence-corrected chi connectivity index (χ2v) is 6.57. The quantitative estimate of drug-likeness (QED) is 0.715. The van der Waals surface area contributed by atoms with Crippen molar-refractivity contribution in [3.63, 3.8) is 0 Å². The van der Waals surface area contributed by atoms with Crippen LogP contribution in [0.5, 0.6) is 0 Å². The summed E-state index contributed by atoms with van der Waals surface area (Å²) in [6.45, 7) is 0. The van der Waals surface area contributed by atoms with Crippen molar-refractivity contribution in [2.45, 2.75) is 17.7 Å². The van der Waals surface area contributed by atoms with Crippen LogP contribution in [0.1, 0.15) is 12.2 Å². The van der Waals surface area contributed by atoms with Gasteiger partial charge in [-0.15, -0.1) is 11.8 Å². The topological polar surface area (TPSA) is 64.0 Å². The van der Waals surface area contributed by atoms with Gasteiger partial charge in [-0.2, -0.15) is 0 Å². The number of fused-ring (bicyclic) bond motifs is 1. The fraction of sp³-hybridized carbons (Fsp3) is 0.211. The maximum absolute atomic E-state index is 12.4. The fourth-order valence-electron chi connectivity index (χ4n) is 2.64.